The van der Waals surface area contributed by atoms with E-state index in [1.54, 1.807) is 12.1 Å². The molecule has 0 aliphatic carbocycles. The Morgan fingerprint density at radius 2 is 1.61 bits per heavy atom. The van der Waals surface area contributed by atoms with Gasteiger partial charge >= 0.3 is 0 Å². The second-order valence-corrected chi connectivity index (χ2v) is 9.01. The average molecular weight is 490 g/mol. The van der Waals surface area contributed by atoms with Crippen molar-refractivity contribution in [1.82, 2.24) is 15.2 Å². The zero-order chi connectivity index (χ0) is 25.8. The maximum Gasteiger partial charge on any atom is 0.254 e. The third-order valence-corrected chi connectivity index (χ3v) is 6.10. The number of fused-ring (bicyclic) bond motifs is 1. The molecule has 2 N–H and O–H groups in total. The molecule has 0 spiro atoms. The Balaban J connectivity index is 1.81. The van der Waals surface area contributed by atoms with Gasteiger partial charge in [-0.05, 0) is 48.2 Å². The van der Waals surface area contributed by atoms with E-state index >= 15 is 0 Å². The first-order chi connectivity index (χ1) is 17.3. The summed E-state index contributed by atoms with van der Waals surface area (Å²) < 4.78 is 29.0. The fourth-order valence-electron chi connectivity index (χ4n) is 4.47. The highest BCUT2D eigenvalue weighted by atomic mass is 19.2. The summed E-state index contributed by atoms with van der Waals surface area (Å²) in [5, 5.41) is 6.42. The Labute approximate surface area is 209 Å². The highest BCUT2D eigenvalue weighted by Crippen LogP contribution is 2.33. The first-order valence-corrected chi connectivity index (χ1v) is 12.0. The minimum absolute atomic E-state index is 0.00181. The molecule has 0 aliphatic rings. The molecular formula is C29H29F2N3O2. The number of aromatic nitrogens is 1. The van der Waals surface area contributed by atoms with Crippen molar-refractivity contribution in [2.75, 3.05) is 6.54 Å². The second-order valence-electron chi connectivity index (χ2n) is 9.01. The first kappa shape index (κ1) is 25.1. The van der Waals surface area contributed by atoms with Gasteiger partial charge in [0.15, 0.2) is 11.6 Å². The van der Waals surface area contributed by atoms with Crippen molar-refractivity contribution in [3.8, 4) is 0 Å². The van der Waals surface area contributed by atoms with Gasteiger partial charge in [0.05, 0.1) is 11.1 Å². The molecule has 0 unspecified atom stereocenters. The Morgan fingerprint density at radius 3 is 2.28 bits per heavy atom. The average Bonchev–Trinajstić information content (AvgIpc) is 3.19. The molecule has 1 aromatic heterocycles. The smallest absolute Gasteiger partial charge is 0.254 e. The largest absolute Gasteiger partial charge is 0.352 e. The van der Waals surface area contributed by atoms with Crippen molar-refractivity contribution in [3.05, 3.63) is 106 Å². The van der Waals surface area contributed by atoms with Gasteiger partial charge in [0.1, 0.15) is 0 Å². The number of benzene rings is 3. The zero-order valence-corrected chi connectivity index (χ0v) is 20.6. The molecule has 0 fully saturated rings. The number of amides is 2. The lowest BCUT2D eigenvalue weighted by Crippen LogP contribution is -2.24. The Morgan fingerprint density at radius 1 is 0.861 bits per heavy atom. The van der Waals surface area contributed by atoms with Crippen molar-refractivity contribution >= 4 is 22.7 Å². The van der Waals surface area contributed by atoms with Crippen LogP contribution in [0.4, 0.5) is 8.78 Å². The van der Waals surface area contributed by atoms with Crippen molar-refractivity contribution in [2.24, 2.45) is 0 Å². The molecule has 0 saturated carbocycles. The molecule has 7 heteroatoms. The molecule has 3 aromatic carbocycles. The van der Waals surface area contributed by atoms with Crippen molar-refractivity contribution in [3.63, 3.8) is 0 Å². The molecule has 0 saturated heterocycles. The van der Waals surface area contributed by atoms with Gasteiger partial charge in [-0.25, -0.2) is 8.78 Å². The second kappa shape index (κ2) is 10.7. The maximum absolute atomic E-state index is 13.6. The molecule has 4 rings (SSSR count). The van der Waals surface area contributed by atoms with Gasteiger partial charge in [0.25, 0.3) is 11.8 Å². The van der Waals surface area contributed by atoms with Crippen LogP contribution in [0.5, 0.6) is 0 Å². The fraction of sp³-hybridized carbons (Fsp3) is 0.241. The van der Waals surface area contributed by atoms with Crippen molar-refractivity contribution in [2.45, 2.75) is 39.8 Å². The highest BCUT2D eigenvalue weighted by Gasteiger charge is 2.25. The van der Waals surface area contributed by atoms with Crippen molar-refractivity contribution < 1.29 is 18.4 Å². The fourth-order valence-corrected chi connectivity index (χ4v) is 4.47. The molecule has 1 heterocycles. The summed E-state index contributed by atoms with van der Waals surface area (Å²) in [6, 6.07) is 18.8. The van der Waals surface area contributed by atoms with E-state index in [0.29, 0.717) is 29.8 Å². The van der Waals surface area contributed by atoms with Crippen LogP contribution in [0.3, 0.4) is 0 Å². The first-order valence-electron chi connectivity index (χ1n) is 12.0. The van der Waals surface area contributed by atoms with Crippen LogP contribution in [0.25, 0.3) is 10.9 Å². The molecule has 0 bridgehead atoms. The summed E-state index contributed by atoms with van der Waals surface area (Å²) in [5.74, 6) is -2.38. The molecule has 0 atom stereocenters. The SMILES string of the molecule is CCNC(=O)c1ccc2c(C(=O)NCc3ccc(F)c(F)c3)c(C(C)C)n(Cc3ccccc3)c2c1. The van der Waals surface area contributed by atoms with Crippen LogP contribution in [0.1, 0.15) is 64.2 Å². The third-order valence-electron chi connectivity index (χ3n) is 6.10. The van der Waals surface area contributed by atoms with Crippen LogP contribution in [-0.2, 0) is 13.1 Å². The van der Waals surface area contributed by atoms with Gasteiger partial charge < -0.3 is 15.2 Å². The summed E-state index contributed by atoms with van der Waals surface area (Å²) >= 11 is 0. The number of carbonyl (C=O) groups excluding carboxylic acids is 2. The number of nitrogens with zero attached hydrogens (tertiary/aromatic N) is 1. The van der Waals surface area contributed by atoms with Gasteiger partial charge in [-0.1, -0.05) is 56.3 Å². The monoisotopic (exact) mass is 489 g/mol. The molecule has 5 nitrogen and oxygen atoms in total. The molecule has 0 radical (unpaired) electrons. The van der Waals surface area contributed by atoms with E-state index in [9.17, 15) is 18.4 Å². The number of nitrogens with one attached hydrogen (secondary N) is 2. The van der Waals surface area contributed by atoms with Gasteiger partial charge in [0, 0.05) is 36.3 Å². The summed E-state index contributed by atoms with van der Waals surface area (Å²) in [6.45, 7) is 6.99. The van der Waals surface area contributed by atoms with Gasteiger partial charge in [0.2, 0.25) is 0 Å². The molecule has 2 amide bonds. The molecule has 36 heavy (non-hydrogen) atoms. The quantitative estimate of drug-likeness (QED) is 0.330. The Bertz CT molecular complexity index is 1410. The van der Waals surface area contributed by atoms with E-state index < -0.39 is 11.6 Å². The van der Waals surface area contributed by atoms with Crippen LogP contribution >= 0.6 is 0 Å². The van der Waals surface area contributed by atoms with E-state index in [4.69, 9.17) is 0 Å². The molecular weight excluding hydrogens is 460 g/mol. The van der Waals surface area contributed by atoms with Gasteiger partial charge in [-0.3, -0.25) is 9.59 Å². The number of hydrogen-bond acceptors (Lipinski definition) is 2. The van der Waals surface area contributed by atoms with Crippen LogP contribution in [0.15, 0.2) is 66.7 Å². The maximum atomic E-state index is 13.6. The van der Waals surface area contributed by atoms with Crippen LogP contribution in [0.2, 0.25) is 0 Å². The highest BCUT2D eigenvalue weighted by molar-refractivity contribution is 6.10. The lowest BCUT2D eigenvalue weighted by Gasteiger charge is -2.16. The number of halogens is 2. The predicted octanol–water partition coefficient (Wildman–Crippen LogP) is 5.77. The summed E-state index contributed by atoms with van der Waals surface area (Å²) in [6.07, 6.45) is 0. The van der Waals surface area contributed by atoms with Gasteiger partial charge in [-0.2, -0.15) is 0 Å². The molecule has 4 aromatic rings. The van der Waals surface area contributed by atoms with Crippen LogP contribution in [-0.4, -0.2) is 22.9 Å². The normalized spacial score (nSPS) is 11.2. The topological polar surface area (TPSA) is 63.1 Å². The van der Waals surface area contributed by atoms with Crippen molar-refractivity contribution in [1.29, 1.82) is 0 Å². The van der Waals surface area contributed by atoms with E-state index in [2.05, 4.69) is 15.2 Å². The lowest BCUT2D eigenvalue weighted by atomic mass is 10.0. The molecule has 186 valence electrons. The summed E-state index contributed by atoms with van der Waals surface area (Å²) in [4.78, 5) is 26.1. The number of carbonyl (C=O) groups is 2. The zero-order valence-electron chi connectivity index (χ0n) is 20.6. The van der Waals surface area contributed by atoms with Crippen LogP contribution in [0, 0.1) is 11.6 Å². The standard InChI is InChI=1S/C29H29F2N3O2/c1-4-32-28(35)21-11-12-22-25(15-21)34(17-19-8-6-5-7-9-19)27(18(2)3)26(22)29(36)33-16-20-10-13-23(30)24(31)14-20/h5-15,18H,4,16-17H2,1-3H3,(H,32,35)(H,33,36). The summed E-state index contributed by atoms with van der Waals surface area (Å²) in [7, 11) is 0. The minimum Gasteiger partial charge on any atom is -0.352 e. The van der Waals surface area contributed by atoms with E-state index in [1.165, 1.54) is 6.07 Å². The van der Waals surface area contributed by atoms with E-state index in [-0.39, 0.29) is 24.3 Å². The predicted molar refractivity (Wildman–Crippen MR) is 137 cm³/mol. The van der Waals surface area contributed by atoms with Gasteiger partial charge in [-0.15, -0.1) is 0 Å². The van der Waals surface area contributed by atoms with Crippen LogP contribution < -0.4 is 10.6 Å². The number of rotatable bonds is 8. The Hall–Kier alpha value is -4.00. The van der Waals surface area contributed by atoms with E-state index in [1.807, 2.05) is 57.2 Å². The molecule has 0 aliphatic heterocycles. The Kier molecular flexibility index (Phi) is 7.48. The lowest BCUT2D eigenvalue weighted by molar-refractivity contribution is 0.0945. The number of hydrogen-bond donors (Lipinski definition) is 2. The summed E-state index contributed by atoms with van der Waals surface area (Å²) in [5.41, 5.74) is 4.17. The third kappa shape index (κ3) is 5.15. The van der Waals surface area contributed by atoms with E-state index in [0.717, 1.165) is 34.3 Å². The minimum atomic E-state index is -0.957.